The highest BCUT2D eigenvalue weighted by Crippen LogP contribution is 2.31. The van der Waals surface area contributed by atoms with Crippen LogP contribution in [-0.2, 0) is 27.3 Å². The van der Waals surface area contributed by atoms with E-state index in [1.54, 1.807) is 44.6 Å². The minimum absolute atomic E-state index is 0.0130. The maximum atomic E-state index is 13.2. The smallest absolute Gasteiger partial charge is 0.323 e. The minimum atomic E-state index is -1.11. The van der Waals surface area contributed by atoms with Crippen LogP contribution in [0.5, 0.6) is 11.5 Å². The van der Waals surface area contributed by atoms with E-state index in [4.69, 9.17) is 15.2 Å². The van der Waals surface area contributed by atoms with Crippen LogP contribution in [0.4, 0.5) is 0 Å². The predicted octanol–water partition coefficient (Wildman–Crippen LogP) is 2.94. The number of hydrogen-bond donors (Lipinski definition) is 4. The van der Waals surface area contributed by atoms with Gasteiger partial charge in [-0.1, -0.05) is 24.6 Å². The lowest BCUT2D eigenvalue weighted by atomic mass is 10.0. The summed E-state index contributed by atoms with van der Waals surface area (Å²) in [5, 5.41) is 15.6. The normalized spacial score (nSPS) is 11.6. The van der Waals surface area contributed by atoms with Crippen molar-refractivity contribution in [2.75, 3.05) is 20.8 Å². The molecule has 1 heterocycles. The van der Waals surface area contributed by atoms with Gasteiger partial charge in [-0.2, -0.15) is 0 Å². The number of nitrogens with one attached hydrogen (secondary N) is 2. The van der Waals surface area contributed by atoms with Crippen molar-refractivity contribution in [2.45, 2.75) is 58.0 Å². The molecule has 1 atom stereocenters. The number of carboxylic acid groups (broad SMARTS) is 1. The van der Waals surface area contributed by atoms with Gasteiger partial charge >= 0.3 is 5.97 Å². The highest BCUT2D eigenvalue weighted by molar-refractivity contribution is 6.01. The zero-order valence-electron chi connectivity index (χ0n) is 23.7. The molecule has 0 saturated carbocycles. The molecule has 11 nitrogen and oxygen atoms in total. The van der Waals surface area contributed by atoms with Crippen LogP contribution in [0, 0.1) is 6.92 Å². The predicted molar refractivity (Wildman–Crippen MR) is 154 cm³/mol. The summed E-state index contributed by atoms with van der Waals surface area (Å²) in [4.78, 5) is 49.1. The van der Waals surface area contributed by atoms with Gasteiger partial charge in [-0.25, -0.2) is 0 Å². The van der Waals surface area contributed by atoms with Gasteiger partial charge < -0.3 is 35.5 Å². The third-order valence-corrected chi connectivity index (χ3v) is 6.79. The number of unbranched alkanes of at least 4 members (excludes halogenated alkanes) is 2. The number of rotatable bonds is 16. The summed E-state index contributed by atoms with van der Waals surface area (Å²) >= 11 is 0. The number of aliphatic carboxylic acids is 1. The zero-order valence-corrected chi connectivity index (χ0v) is 23.7. The molecule has 0 bridgehead atoms. The molecule has 0 aliphatic heterocycles. The van der Waals surface area contributed by atoms with Gasteiger partial charge in [0.05, 0.1) is 14.2 Å². The van der Waals surface area contributed by atoms with E-state index in [0.29, 0.717) is 23.9 Å². The first-order chi connectivity index (χ1) is 19.6. The zero-order chi connectivity index (χ0) is 29.9. The third kappa shape index (κ3) is 8.47. The number of fused-ring (bicyclic) bond motifs is 1. The summed E-state index contributed by atoms with van der Waals surface area (Å²) in [5.74, 6) is -1.20. The van der Waals surface area contributed by atoms with Gasteiger partial charge in [0.25, 0.3) is 5.91 Å². The summed E-state index contributed by atoms with van der Waals surface area (Å²) in [7, 11) is 3.26. The van der Waals surface area contributed by atoms with Gasteiger partial charge in [0.1, 0.15) is 29.8 Å². The summed E-state index contributed by atoms with van der Waals surface area (Å²) in [5.41, 5.74) is 8.03. The monoisotopic (exact) mass is 566 g/mol. The molecule has 1 aromatic heterocycles. The van der Waals surface area contributed by atoms with Crippen molar-refractivity contribution in [3.8, 4) is 11.5 Å². The maximum Gasteiger partial charge on any atom is 0.323 e. The van der Waals surface area contributed by atoms with Crippen LogP contribution in [0.25, 0.3) is 10.9 Å². The fourth-order valence-electron chi connectivity index (χ4n) is 4.79. The molecule has 0 aliphatic rings. The molecule has 0 saturated heterocycles. The van der Waals surface area contributed by atoms with Gasteiger partial charge in [0.15, 0.2) is 0 Å². The average Bonchev–Trinajstić information content (AvgIpc) is 3.30. The number of benzene rings is 2. The number of primary amides is 1. The Labute approximate surface area is 239 Å². The molecule has 11 heteroatoms. The molecule has 0 spiro atoms. The lowest BCUT2D eigenvalue weighted by molar-refractivity contribution is -0.137. The van der Waals surface area contributed by atoms with Crippen LogP contribution in [-0.4, -0.2) is 60.2 Å². The summed E-state index contributed by atoms with van der Waals surface area (Å²) in [6.07, 6.45) is 3.04. The SMILES string of the molecule is COc1cc(C)cc(OC)c1CCCCCNC(=O)[C@@H](CCC(N)=O)NC(=O)c1cc2ccccc2n1CC(=O)O. The van der Waals surface area contributed by atoms with Crippen molar-refractivity contribution < 1.29 is 33.8 Å². The Kier molecular flexibility index (Phi) is 11.1. The highest BCUT2D eigenvalue weighted by atomic mass is 16.5. The number of nitrogens with zero attached hydrogens (tertiary/aromatic N) is 1. The fourth-order valence-corrected chi connectivity index (χ4v) is 4.79. The first kappa shape index (κ1) is 31.0. The van der Waals surface area contributed by atoms with Crippen LogP contribution in [0.2, 0.25) is 0 Å². The van der Waals surface area contributed by atoms with Gasteiger partial charge in [0.2, 0.25) is 11.8 Å². The van der Waals surface area contributed by atoms with E-state index in [1.165, 1.54) is 4.57 Å². The van der Waals surface area contributed by atoms with Crippen LogP contribution in [0.15, 0.2) is 42.5 Å². The second kappa shape index (κ2) is 14.7. The van der Waals surface area contributed by atoms with E-state index in [0.717, 1.165) is 41.9 Å². The van der Waals surface area contributed by atoms with Crippen molar-refractivity contribution in [1.29, 1.82) is 0 Å². The molecule has 2 aromatic carbocycles. The Hall–Kier alpha value is -4.54. The minimum Gasteiger partial charge on any atom is -0.496 e. The Morgan fingerprint density at radius 3 is 2.32 bits per heavy atom. The van der Waals surface area contributed by atoms with Gasteiger partial charge in [-0.3, -0.25) is 19.2 Å². The van der Waals surface area contributed by atoms with E-state index in [9.17, 15) is 24.3 Å². The molecule has 0 fully saturated rings. The second-order valence-corrected chi connectivity index (χ2v) is 9.85. The Bertz CT molecular complexity index is 1370. The third-order valence-electron chi connectivity index (χ3n) is 6.79. The molecular weight excluding hydrogens is 528 g/mol. The summed E-state index contributed by atoms with van der Waals surface area (Å²) in [6, 6.07) is 11.5. The van der Waals surface area contributed by atoms with E-state index >= 15 is 0 Å². The number of aryl methyl sites for hydroxylation is 1. The first-order valence-electron chi connectivity index (χ1n) is 13.5. The van der Waals surface area contributed by atoms with Crippen LogP contribution in [0.3, 0.4) is 0 Å². The van der Waals surface area contributed by atoms with Gasteiger partial charge in [0, 0.05) is 29.4 Å². The molecule has 3 aromatic rings. The number of carbonyl (C=O) groups excluding carboxylic acids is 3. The quantitative estimate of drug-likeness (QED) is 0.194. The number of aromatic nitrogens is 1. The van der Waals surface area contributed by atoms with E-state index in [2.05, 4.69) is 10.6 Å². The van der Waals surface area contributed by atoms with E-state index < -0.39 is 36.3 Å². The summed E-state index contributed by atoms with van der Waals surface area (Å²) in [6.45, 7) is 1.93. The number of hydrogen-bond acceptors (Lipinski definition) is 6. The lowest BCUT2D eigenvalue weighted by Gasteiger charge is -2.19. The number of carbonyl (C=O) groups is 4. The molecule has 5 N–H and O–H groups in total. The molecule has 0 radical (unpaired) electrons. The standard InChI is InChI=1S/C30H38N4O7/c1-19-15-25(40-2)21(26(16-19)41-3)10-5-4-8-14-32-29(38)22(12-13-27(31)35)33-30(39)24-17-20-9-6-7-11-23(20)34(24)18-28(36)37/h6-7,9,11,15-17,22H,4-5,8,10,12-14,18H2,1-3H3,(H2,31,35)(H,32,38)(H,33,39)(H,36,37)/t22-/m1/s1. The van der Waals surface area contributed by atoms with Crippen molar-refractivity contribution in [1.82, 2.24) is 15.2 Å². The number of carboxylic acids is 1. The van der Waals surface area contributed by atoms with E-state index in [1.807, 2.05) is 19.1 Å². The fraction of sp³-hybridized carbons (Fsp3) is 0.400. The largest absolute Gasteiger partial charge is 0.496 e. The molecular formula is C30H38N4O7. The number of para-hydroxylation sites is 1. The lowest BCUT2D eigenvalue weighted by Crippen LogP contribution is -2.47. The number of methoxy groups -OCH3 is 2. The first-order valence-corrected chi connectivity index (χ1v) is 13.5. The van der Waals surface area contributed by atoms with Crippen molar-refractivity contribution in [2.24, 2.45) is 5.73 Å². The van der Waals surface area contributed by atoms with E-state index in [-0.39, 0.29) is 18.5 Å². The topological polar surface area (TPSA) is 162 Å². The molecule has 3 amide bonds. The summed E-state index contributed by atoms with van der Waals surface area (Å²) < 4.78 is 12.4. The van der Waals surface area contributed by atoms with Crippen molar-refractivity contribution in [3.63, 3.8) is 0 Å². The molecule has 220 valence electrons. The molecule has 3 rings (SSSR count). The number of nitrogens with two attached hydrogens (primary N) is 1. The second-order valence-electron chi connectivity index (χ2n) is 9.85. The van der Waals surface area contributed by atoms with Gasteiger partial charge in [-0.05, 0) is 62.4 Å². The molecule has 41 heavy (non-hydrogen) atoms. The van der Waals surface area contributed by atoms with Gasteiger partial charge in [-0.15, -0.1) is 0 Å². The molecule has 0 aliphatic carbocycles. The van der Waals surface area contributed by atoms with Crippen LogP contribution < -0.4 is 25.8 Å². The highest BCUT2D eigenvalue weighted by Gasteiger charge is 2.25. The Balaban J connectivity index is 1.60. The van der Waals surface area contributed by atoms with Crippen LogP contribution in [0.1, 0.15) is 53.7 Å². The van der Waals surface area contributed by atoms with Crippen molar-refractivity contribution in [3.05, 3.63) is 59.3 Å². The number of ether oxygens (including phenoxy) is 2. The maximum absolute atomic E-state index is 13.2. The molecule has 0 unspecified atom stereocenters. The Morgan fingerprint density at radius 1 is 1.00 bits per heavy atom. The average molecular weight is 567 g/mol. The number of amides is 3. The van der Waals surface area contributed by atoms with Crippen LogP contribution >= 0.6 is 0 Å². The Morgan fingerprint density at radius 2 is 1.68 bits per heavy atom. The van der Waals surface area contributed by atoms with Crippen molar-refractivity contribution >= 4 is 34.6 Å².